The summed E-state index contributed by atoms with van der Waals surface area (Å²) in [7, 11) is 0. The first-order valence-electron chi connectivity index (χ1n) is 12.8. The van der Waals surface area contributed by atoms with E-state index in [1.807, 2.05) is 60.7 Å². The minimum atomic E-state index is -0.790. The Balaban J connectivity index is 1.42. The van der Waals surface area contributed by atoms with Crippen LogP contribution in [0.3, 0.4) is 0 Å². The molecular formula is C32H26ClN3O3. The average molecular weight is 536 g/mol. The summed E-state index contributed by atoms with van der Waals surface area (Å²) < 4.78 is 6.34. The van der Waals surface area contributed by atoms with Gasteiger partial charge >= 0.3 is 0 Å². The van der Waals surface area contributed by atoms with E-state index in [0.29, 0.717) is 46.5 Å². The number of Topliss-reactive ketones (excluding diaryl/α,β-unsaturated/α-hetero) is 1. The Morgan fingerprint density at radius 2 is 1.82 bits per heavy atom. The molecule has 0 spiro atoms. The number of ketones is 1. The number of amides is 1. The fourth-order valence-electron chi connectivity index (χ4n) is 5.58. The van der Waals surface area contributed by atoms with Gasteiger partial charge in [0, 0.05) is 40.2 Å². The van der Waals surface area contributed by atoms with Crippen molar-refractivity contribution < 1.29 is 14.0 Å². The van der Waals surface area contributed by atoms with Gasteiger partial charge in [-0.2, -0.15) is 0 Å². The number of carbonyl (C=O) groups is 2. The normalized spacial score (nSPS) is 20.8. The Bertz CT molecular complexity index is 1590. The molecule has 39 heavy (non-hydrogen) atoms. The fraction of sp³-hybridized carbons (Fsp3) is 0.156. The van der Waals surface area contributed by atoms with E-state index in [1.165, 1.54) is 0 Å². The number of rotatable bonds is 5. The summed E-state index contributed by atoms with van der Waals surface area (Å²) in [5.74, 6) is -0.173. The van der Waals surface area contributed by atoms with E-state index < -0.39 is 11.8 Å². The van der Waals surface area contributed by atoms with Crippen LogP contribution in [0.2, 0.25) is 5.02 Å². The van der Waals surface area contributed by atoms with Crippen LogP contribution >= 0.6 is 11.6 Å². The van der Waals surface area contributed by atoms with E-state index in [0.717, 1.165) is 16.8 Å². The number of benzene rings is 2. The van der Waals surface area contributed by atoms with E-state index in [2.05, 4.69) is 22.2 Å². The average Bonchev–Trinajstić information content (AvgIpc) is 3.43. The van der Waals surface area contributed by atoms with Gasteiger partial charge in [-0.05, 0) is 54.3 Å². The van der Waals surface area contributed by atoms with Gasteiger partial charge in [-0.1, -0.05) is 66.7 Å². The van der Waals surface area contributed by atoms with Crippen LogP contribution in [0.25, 0.3) is 11.3 Å². The molecule has 6 nitrogen and oxygen atoms in total. The van der Waals surface area contributed by atoms with Crippen LogP contribution in [0, 0.1) is 5.92 Å². The molecule has 1 aliphatic heterocycles. The van der Waals surface area contributed by atoms with Crippen LogP contribution in [0.1, 0.15) is 36.0 Å². The van der Waals surface area contributed by atoms with E-state index in [1.54, 1.807) is 30.5 Å². The van der Waals surface area contributed by atoms with Crippen molar-refractivity contribution in [1.82, 2.24) is 10.3 Å². The molecule has 2 aliphatic rings. The number of aromatic nitrogens is 1. The number of nitrogens with zero attached hydrogens (tertiary/aromatic N) is 1. The predicted octanol–water partition coefficient (Wildman–Crippen LogP) is 6.85. The molecule has 0 fully saturated rings. The molecule has 1 aliphatic carbocycles. The summed E-state index contributed by atoms with van der Waals surface area (Å²) in [5.41, 5.74) is 3.79. The Kier molecular flexibility index (Phi) is 6.63. The molecule has 1 amide bonds. The Hall–Kier alpha value is -4.42. The highest BCUT2D eigenvalue weighted by Gasteiger charge is 2.46. The summed E-state index contributed by atoms with van der Waals surface area (Å²) >= 11 is 6.21. The number of hydrogen-bond donors (Lipinski definition) is 2. The van der Waals surface area contributed by atoms with Crippen LogP contribution in [0.4, 0.5) is 5.82 Å². The highest BCUT2D eigenvalue weighted by atomic mass is 35.5. The summed E-state index contributed by atoms with van der Waals surface area (Å²) in [4.78, 5) is 31.8. The van der Waals surface area contributed by atoms with Crippen molar-refractivity contribution in [2.45, 2.75) is 24.7 Å². The van der Waals surface area contributed by atoms with Crippen molar-refractivity contribution >= 4 is 29.1 Å². The van der Waals surface area contributed by atoms with Crippen molar-refractivity contribution in [1.29, 1.82) is 0 Å². The third kappa shape index (κ3) is 4.91. The largest absolute Gasteiger partial charge is 0.460 e. The quantitative estimate of drug-likeness (QED) is 0.292. The SMILES string of the molecule is C=C1NC2=C(C(=O)CC(c3ccccc3)C2)C(c2ccc(-c3cccc(Cl)c3)o2)C1C(=O)Nc1ccccn1. The van der Waals surface area contributed by atoms with Crippen LogP contribution in [0.5, 0.6) is 0 Å². The molecule has 0 radical (unpaired) electrons. The van der Waals surface area contributed by atoms with Gasteiger partial charge < -0.3 is 15.1 Å². The zero-order chi connectivity index (χ0) is 26.9. The second-order valence-corrected chi connectivity index (χ2v) is 10.3. The lowest BCUT2D eigenvalue weighted by atomic mass is 9.70. The molecule has 4 aromatic rings. The molecule has 6 rings (SSSR count). The maximum Gasteiger partial charge on any atom is 0.235 e. The van der Waals surface area contributed by atoms with Gasteiger partial charge in [-0.3, -0.25) is 9.59 Å². The van der Waals surface area contributed by atoms with Gasteiger partial charge in [-0.25, -0.2) is 4.98 Å². The number of halogens is 1. The minimum Gasteiger partial charge on any atom is -0.460 e. The van der Waals surface area contributed by atoms with Crippen molar-refractivity contribution in [3.63, 3.8) is 0 Å². The predicted molar refractivity (Wildman–Crippen MR) is 151 cm³/mol. The third-order valence-electron chi connectivity index (χ3n) is 7.35. The number of nitrogens with one attached hydrogen (secondary N) is 2. The first-order valence-corrected chi connectivity index (χ1v) is 13.2. The highest BCUT2D eigenvalue weighted by Crippen LogP contribution is 2.48. The topological polar surface area (TPSA) is 84.2 Å². The molecule has 0 bridgehead atoms. The third-order valence-corrected chi connectivity index (χ3v) is 7.59. The van der Waals surface area contributed by atoms with Gasteiger partial charge in [0.25, 0.3) is 0 Å². The van der Waals surface area contributed by atoms with E-state index in [-0.39, 0.29) is 17.6 Å². The van der Waals surface area contributed by atoms with Gasteiger partial charge in [0.2, 0.25) is 5.91 Å². The van der Waals surface area contributed by atoms with Crippen molar-refractivity contribution in [3.05, 3.63) is 131 Å². The minimum absolute atomic E-state index is 0.00792. The van der Waals surface area contributed by atoms with E-state index >= 15 is 0 Å². The summed E-state index contributed by atoms with van der Waals surface area (Å²) in [6.45, 7) is 4.23. The Morgan fingerprint density at radius 3 is 2.59 bits per heavy atom. The number of furan rings is 1. The summed E-state index contributed by atoms with van der Waals surface area (Å²) in [5, 5.41) is 6.81. The number of pyridine rings is 1. The van der Waals surface area contributed by atoms with Gasteiger partial charge in [0.1, 0.15) is 17.3 Å². The summed E-state index contributed by atoms with van der Waals surface area (Å²) in [6, 6.07) is 26.4. The molecule has 2 aromatic heterocycles. The number of anilines is 1. The standard InChI is InChI=1S/C32H26ClN3O3/c1-19-29(32(38)36-28-12-5-6-15-34-28)31(27-14-13-26(39-27)21-10-7-11-23(33)16-21)30-24(35-19)17-22(18-25(30)37)20-8-3-2-4-9-20/h2-16,22,29,31,35H,1,17-18H2,(H,34,36,38). The first kappa shape index (κ1) is 24.9. The van der Waals surface area contributed by atoms with Crippen LogP contribution in [-0.4, -0.2) is 16.7 Å². The maximum atomic E-state index is 13.8. The fourth-order valence-corrected chi connectivity index (χ4v) is 5.77. The molecule has 194 valence electrons. The van der Waals surface area contributed by atoms with Crippen molar-refractivity contribution in [2.75, 3.05) is 5.32 Å². The molecule has 3 heterocycles. The zero-order valence-corrected chi connectivity index (χ0v) is 21.8. The van der Waals surface area contributed by atoms with Crippen LogP contribution in [0.15, 0.2) is 119 Å². The second-order valence-electron chi connectivity index (χ2n) is 9.85. The molecule has 2 N–H and O–H groups in total. The molecule has 3 atom stereocenters. The lowest BCUT2D eigenvalue weighted by molar-refractivity contribution is -0.120. The Labute approximate surface area is 231 Å². The van der Waals surface area contributed by atoms with Crippen LogP contribution in [-0.2, 0) is 9.59 Å². The number of hydrogen-bond acceptors (Lipinski definition) is 5. The molecule has 3 unspecified atom stereocenters. The molecule has 0 saturated carbocycles. The second kappa shape index (κ2) is 10.4. The highest BCUT2D eigenvalue weighted by molar-refractivity contribution is 6.30. The van der Waals surface area contributed by atoms with E-state index in [4.69, 9.17) is 16.0 Å². The zero-order valence-electron chi connectivity index (χ0n) is 21.1. The monoisotopic (exact) mass is 535 g/mol. The van der Waals surface area contributed by atoms with Crippen molar-refractivity contribution in [2.24, 2.45) is 5.92 Å². The lowest BCUT2D eigenvalue weighted by Gasteiger charge is -2.39. The van der Waals surface area contributed by atoms with Crippen molar-refractivity contribution in [3.8, 4) is 11.3 Å². The maximum absolute atomic E-state index is 13.8. The smallest absolute Gasteiger partial charge is 0.235 e. The molecule has 2 aromatic carbocycles. The molecule has 7 heteroatoms. The van der Waals surface area contributed by atoms with E-state index in [9.17, 15) is 9.59 Å². The van der Waals surface area contributed by atoms with Crippen LogP contribution < -0.4 is 10.6 Å². The molecule has 0 saturated heterocycles. The first-order chi connectivity index (χ1) is 19.0. The number of carbonyl (C=O) groups excluding carboxylic acids is 2. The molecular weight excluding hydrogens is 510 g/mol. The lowest BCUT2D eigenvalue weighted by Crippen LogP contribution is -2.43. The summed E-state index contributed by atoms with van der Waals surface area (Å²) in [6.07, 6.45) is 2.60. The van der Waals surface area contributed by atoms with Gasteiger partial charge in [0.15, 0.2) is 5.78 Å². The van der Waals surface area contributed by atoms with Gasteiger partial charge in [-0.15, -0.1) is 0 Å². The number of allylic oxidation sites excluding steroid dienone is 2. The van der Waals surface area contributed by atoms with Gasteiger partial charge in [0.05, 0.1) is 11.8 Å². The Morgan fingerprint density at radius 1 is 1.00 bits per heavy atom.